The van der Waals surface area contributed by atoms with Crippen molar-refractivity contribution in [2.24, 2.45) is 0 Å². The highest BCUT2D eigenvalue weighted by Crippen LogP contribution is 2.41. The van der Waals surface area contributed by atoms with E-state index in [9.17, 15) is 0 Å². The third-order valence-electron chi connectivity index (χ3n) is 4.04. The molecular weight excluding hydrogens is 266 g/mol. The number of hydrogen-bond donors (Lipinski definition) is 1. The predicted octanol–water partition coefficient (Wildman–Crippen LogP) is 5.07. The van der Waals surface area contributed by atoms with E-state index < -0.39 is 0 Å². The summed E-state index contributed by atoms with van der Waals surface area (Å²) in [5.41, 5.74) is 4.25. The van der Waals surface area contributed by atoms with Crippen LogP contribution in [0, 0.1) is 0 Å². The van der Waals surface area contributed by atoms with Gasteiger partial charge in [0.15, 0.2) is 0 Å². The fraction of sp³-hybridized carbons (Fsp3) is 0.333. The average Bonchev–Trinajstić information content (AvgIpc) is 3.30. The SMILES string of the molecule is C[C@H](NCc1ccccc1C1CC1)c1ccc(Cl)cc1. The first-order valence-electron chi connectivity index (χ1n) is 7.30. The number of hydrogen-bond acceptors (Lipinski definition) is 1. The molecule has 0 aliphatic heterocycles. The van der Waals surface area contributed by atoms with Gasteiger partial charge in [-0.2, -0.15) is 0 Å². The zero-order valence-electron chi connectivity index (χ0n) is 11.8. The van der Waals surface area contributed by atoms with E-state index in [1.54, 1.807) is 0 Å². The maximum Gasteiger partial charge on any atom is 0.0406 e. The lowest BCUT2D eigenvalue weighted by molar-refractivity contribution is 0.572. The Bertz CT molecular complexity index is 572. The van der Waals surface area contributed by atoms with Gasteiger partial charge in [0.25, 0.3) is 0 Å². The summed E-state index contributed by atoms with van der Waals surface area (Å²) < 4.78 is 0. The molecule has 1 aliphatic carbocycles. The summed E-state index contributed by atoms with van der Waals surface area (Å²) in [6, 6.07) is 17.2. The largest absolute Gasteiger partial charge is 0.306 e. The first-order valence-corrected chi connectivity index (χ1v) is 7.68. The number of benzene rings is 2. The van der Waals surface area contributed by atoms with Gasteiger partial charge in [0, 0.05) is 17.6 Å². The van der Waals surface area contributed by atoms with Gasteiger partial charge in [-0.15, -0.1) is 0 Å². The minimum atomic E-state index is 0.333. The number of nitrogens with one attached hydrogen (secondary N) is 1. The summed E-state index contributed by atoms with van der Waals surface area (Å²) in [6.45, 7) is 3.12. The molecule has 1 atom stereocenters. The highest BCUT2D eigenvalue weighted by molar-refractivity contribution is 6.30. The van der Waals surface area contributed by atoms with Crippen molar-refractivity contribution in [3.05, 3.63) is 70.2 Å². The third-order valence-corrected chi connectivity index (χ3v) is 4.29. The smallest absolute Gasteiger partial charge is 0.0406 e. The second-order valence-electron chi connectivity index (χ2n) is 5.63. The topological polar surface area (TPSA) is 12.0 Å². The summed E-state index contributed by atoms with van der Waals surface area (Å²) in [6.07, 6.45) is 2.70. The molecule has 0 unspecified atom stereocenters. The van der Waals surface area contributed by atoms with E-state index in [0.29, 0.717) is 6.04 Å². The lowest BCUT2D eigenvalue weighted by atomic mass is 10.0. The molecule has 0 amide bonds. The molecule has 0 spiro atoms. The third kappa shape index (κ3) is 3.23. The van der Waals surface area contributed by atoms with Crippen molar-refractivity contribution in [2.75, 3.05) is 0 Å². The Labute approximate surface area is 126 Å². The summed E-state index contributed by atoms with van der Waals surface area (Å²) >= 11 is 5.93. The molecule has 104 valence electrons. The molecule has 1 N–H and O–H groups in total. The van der Waals surface area contributed by atoms with Crippen LogP contribution in [-0.2, 0) is 6.54 Å². The molecular formula is C18H20ClN. The molecule has 3 rings (SSSR count). The zero-order valence-corrected chi connectivity index (χ0v) is 12.5. The van der Waals surface area contributed by atoms with Gasteiger partial charge in [0.05, 0.1) is 0 Å². The quantitative estimate of drug-likeness (QED) is 0.809. The number of rotatable bonds is 5. The van der Waals surface area contributed by atoms with Gasteiger partial charge in [0.1, 0.15) is 0 Å². The summed E-state index contributed by atoms with van der Waals surface area (Å²) in [4.78, 5) is 0. The molecule has 2 heteroatoms. The fourth-order valence-corrected chi connectivity index (χ4v) is 2.75. The van der Waals surface area contributed by atoms with Crippen LogP contribution in [0.1, 0.15) is 48.4 Å². The maximum atomic E-state index is 5.93. The lowest BCUT2D eigenvalue weighted by Gasteiger charge is -2.16. The summed E-state index contributed by atoms with van der Waals surface area (Å²) in [5.74, 6) is 0.804. The Morgan fingerprint density at radius 3 is 2.50 bits per heavy atom. The van der Waals surface area contributed by atoms with Crippen molar-refractivity contribution in [2.45, 2.75) is 38.3 Å². The van der Waals surface area contributed by atoms with Crippen molar-refractivity contribution in [1.29, 1.82) is 0 Å². The van der Waals surface area contributed by atoms with Crippen LogP contribution in [0.3, 0.4) is 0 Å². The van der Waals surface area contributed by atoms with Crippen molar-refractivity contribution in [1.82, 2.24) is 5.32 Å². The first kappa shape index (κ1) is 13.7. The standard InChI is InChI=1S/C18H20ClN/c1-13(14-8-10-17(19)11-9-14)20-12-16-4-2-3-5-18(16)15-6-7-15/h2-5,8-11,13,15,20H,6-7,12H2,1H3/t13-/m0/s1. The van der Waals surface area contributed by atoms with E-state index in [1.165, 1.54) is 29.5 Å². The van der Waals surface area contributed by atoms with Crippen LogP contribution in [0.2, 0.25) is 5.02 Å². The van der Waals surface area contributed by atoms with Gasteiger partial charge in [-0.25, -0.2) is 0 Å². The molecule has 1 fully saturated rings. The second kappa shape index (κ2) is 5.99. The predicted molar refractivity (Wildman–Crippen MR) is 85.1 cm³/mol. The van der Waals surface area contributed by atoms with Gasteiger partial charge >= 0.3 is 0 Å². The molecule has 1 saturated carbocycles. The van der Waals surface area contributed by atoms with Gasteiger partial charge < -0.3 is 5.32 Å². The first-order chi connectivity index (χ1) is 9.74. The van der Waals surface area contributed by atoms with Crippen molar-refractivity contribution in [3.63, 3.8) is 0 Å². The van der Waals surface area contributed by atoms with Crippen LogP contribution in [0.25, 0.3) is 0 Å². The minimum Gasteiger partial charge on any atom is -0.306 e. The molecule has 1 nitrogen and oxygen atoms in total. The molecule has 0 aromatic heterocycles. The molecule has 20 heavy (non-hydrogen) atoms. The van der Waals surface area contributed by atoms with Crippen LogP contribution in [0.15, 0.2) is 48.5 Å². The van der Waals surface area contributed by atoms with E-state index in [1.807, 2.05) is 12.1 Å². The maximum absolute atomic E-state index is 5.93. The van der Waals surface area contributed by atoms with E-state index in [4.69, 9.17) is 11.6 Å². The van der Waals surface area contributed by atoms with Gasteiger partial charge in [0.2, 0.25) is 0 Å². The van der Waals surface area contributed by atoms with Crippen LogP contribution < -0.4 is 5.32 Å². The molecule has 1 aliphatic rings. The minimum absolute atomic E-state index is 0.333. The van der Waals surface area contributed by atoms with Crippen LogP contribution in [-0.4, -0.2) is 0 Å². The summed E-state index contributed by atoms with van der Waals surface area (Å²) in [5, 5.41) is 4.41. The Kier molecular flexibility index (Phi) is 4.09. The van der Waals surface area contributed by atoms with Gasteiger partial charge in [-0.05, 0) is 54.5 Å². The zero-order chi connectivity index (χ0) is 13.9. The van der Waals surface area contributed by atoms with Crippen molar-refractivity contribution in [3.8, 4) is 0 Å². The van der Waals surface area contributed by atoms with E-state index in [2.05, 4.69) is 48.6 Å². The van der Waals surface area contributed by atoms with E-state index >= 15 is 0 Å². The van der Waals surface area contributed by atoms with Gasteiger partial charge in [-0.1, -0.05) is 48.0 Å². The molecule has 0 heterocycles. The molecule has 2 aromatic carbocycles. The molecule has 0 saturated heterocycles. The normalized spacial score (nSPS) is 16.1. The Balaban J connectivity index is 1.65. The fourth-order valence-electron chi connectivity index (χ4n) is 2.62. The Morgan fingerprint density at radius 2 is 1.80 bits per heavy atom. The monoisotopic (exact) mass is 285 g/mol. The lowest BCUT2D eigenvalue weighted by Crippen LogP contribution is -2.18. The van der Waals surface area contributed by atoms with E-state index in [-0.39, 0.29) is 0 Å². The van der Waals surface area contributed by atoms with Crippen LogP contribution in [0.5, 0.6) is 0 Å². The highest BCUT2D eigenvalue weighted by Gasteiger charge is 2.25. The van der Waals surface area contributed by atoms with E-state index in [0.717, 1.165) is 17.5 Å². The Morgan fingerprint density at radius 1 is 1.10 bits per heavy atom. The molecule has 0 radical (unpaired) electrons. The second-order valence-corrected chi connectivity index (χ2v) is 6.06. The Hall–Kier alpha value is -1.31. The van der Waals surface area contributed by atoms with Crippen LogP contribution >= 0.6 is 11.6 Å². The summed E-state index contributed by atoms with van der Waals surface area (Å²) in [7, 11) is 0. The van der Waals surface area contributed by atoms with Crippen molar-refractivity contribution < 1.29 is 0 Å². The average molecular weight is 286 g/mol. The highest BCUT2D eigenvalue weighted by atomic mass is 35.5. The van der Waals surface area contributed by atoms with Gasteiger partial charge in [-0.3, -0.25) is 0 Å². The number of halogens is 1. The van der Waals surface area contributed by atoms with Crippen molar-refractivity contribution >= 4 is 11.6 Å². The van der Waals surface area contributed by atoms with Crippen LogP contribution in [0.4, 0.5) is 0 Å². The molecule has 0 bridgehead atoms. The molecule has 2 aromatic rings.